The Morgan fingerprint density at radius 3 is 2.56 bits per heavy atom. The highest BCUT2D eigenvalue weighted by molar-refractivity contribution is 6.38. The van der Waals surface area contributed by atoms with Crippen LogP contribution in [-0.4, -0.2) is 40.3 Å². The van der Waals surface area contributed by atoms with Gasteiger partial charge in [-0.25, -0.2) is 0 Å². The van der Waals surface area contributed by atoms with Crippen molar-refractivity contribution in [3.63, 3.8) is 0 Å². The van der Waals surface area contributed by atoms with Gasteiger partial charge in [0.2, 0.25) is 11.8 Å². The number of hydrogen-bond acceptors (Lipinski definition) is 4. The summed E-state index contributed by atoms with van der Waals surface area (Å²) in [6.07, 6.45) is 3.30. The van der Waals surface area contributed by atoms with Crippen LogP contribution in [0.25, 0.3) is 10.9 Å². The minimum absolute atomic E-state index is 0.111. The normalized spacial score (nSPS) is 20.9. The summed E-state index contributed by atoms with van der Waals surface area (Å²) in [7, 11) is 0. The molecule has 1 saturated heterocycles. The molecule has 2 fully saturated rings. The van der Waals surface area contributed by atoms with Crippen molar-refractivity contribution in [1.82, 2.24) is 20.9 Å². The number of nitriles is 1. The Bertz CT molecular complexity index is 1180. The number of halogens is 2. The zero-order valence-corrected chi connectivity index (χ0v) is 20.5. The second kappa shape index (κ2) is 9.47. The molecule has 1 saturated carbocycles. The van der Waals surface area contributed by atoms with Crippen LogP contribution in [0.3, 0.4) is 0 Å². The highest BCUT2D eigenvalue weighted by Crippen LogP contribution is 2.34. The van der Waals surface area contributed by atoms with Gasteiger partial charge >= 0.3 is 0 Å². The summed E-state index contributed by atoms with van der Waals surface area (Å²) in [6.45, 7) is 3.86. The first kappa shape index (κ1) is 24.4. The second-order valence-corrected chi connectivity index (χ2v) is 10.8. The SMILES string of the molecule is CC1(C)C[C@@H](C[C@@H](C#N)NC(=O)C(CC2CC2)NC(=O)c2cc3c(Cl)cc(Cl)cc3[nH]2)C(=O)N1. The molecule has 3 amide bonds. The number of fused-ring (bicyclic) bond motifs is 1. The van der Waals surface area contributed by atoms with Gasteiger partial charge in [-0.1, -0.05) is 36.0 Å². The first-order valence-electron chi connectivity index (χ1n) is 11.4. The average molecular weight is 504 g/mol. The maximum Gasteiger partial charge on any atom is 0.268 e. The van der Waals surface area contributed by atoms with E-state index in [9.17, 15) is 19.6 Å². The first-order chi connectivity index (χ1) is 16.0. The molecule has 3 atom stereocenters. The highest BCUT2D eigenvalue weighted by Gasteiger charge is 2.39. The predicted molar refractivity (Wildman–Crippen MR) is 129 cm³/mol. The van der Waals surface area contributed by atoms with E-state index in [0.717, 1.165) is 12.8 Å². The first-order valence-corrected chi connectivity index (χ1v) is 12.1. The Labute approximate surface area is 207 Å². The quantitative estimate of drug-likeness (QED) is 0.437. The Balaban J connectivity index is 1.44. The molecule has 8 nitrogen and oxygen atoms in total. The summed E-state index contributed by atoms with van der Waals surface area (Å²) < 4.78 is 0. The zero-order chi connectivity index (χ0) is 24.6. The molecule has 2 aliphatic rings. The van der Waals surface area contributed by atoms with Crippen molar-refractivity contribution < 1.29 is 14.4 Å². The zero-order valence-electron chi connectivity index (χ0n) is 19.0. The Morgan fingerprint density at radius 1 is 1.21 bits per heavy atom. The van der Waals surface area contributed by atoms with Crippen LogP contribution >= 0.6 is 23.2 Å². The van der Waals surface area contributed by atoms with Gasteiger partial charge in [0.25, 0.3) is 5.91 Å². The lowest BCUT2D eigenvalue weighted by atomic mass is 9.92. The van der Waals surface area contributed by atoms with Crippen LogP contribution in [0.2, 0.25) is 10.0 Å². The van der Waals surface area contributed by atoms with E-state index in [4.69, 9.17) is 23.2 Å². The van der Waals surface area contributed by atoms with Gasteiger partial charge in [0.15, 0.2) is 0 Å². The van der Waals surface area contributed by atoms with Gasteiger partial charge in [-0.2, -0.15) is 5.26 Å². The maximum atomic E-state index is 13.1. The van der Waals surface area contributed by atoms with E-state index in [0.29, 0.717) is 39.7 Å². The van der Waals surface area contributed by atoms with E-state index < -0.39 is 23.9 Å². The van der Waals surface area contributed by atoms with Gasteiger partial charge in [-0.15, -0.1) is 0 Å². The molecule has 2 aromatic rings. The number of aromatic amines is 1. The molecule has 1 unspecified atom stereocenters. The number of nitrogens with one attached hydrogen (secondary N) is 4. The number of rotatable bonds is 8. The van der Waals surface area contributed by atoms with Crippen molar-refractivity contribution >= 4 is 51.8 Å². The number of aromatic nitrogens is 1. The van der Waals surface area contributed by atoms with Crippen molar-refractivity contribution in [2.45, 2.75) is 63.6 Å². The number of benzene rings is 1. The molecule has 1 aliphatic carbocycles. The molecule has 1 aliphatic heterocycles. The third-order valence-corrected chi connectivity index (χ3v) is 6.90. The van der Waals surface area contributed by atoms with Gasteiger partial charge < -0.3 is 20.9 Å². The molecule has 0 bridgehead atoms. The summed E-state index contributed by atoms with van der Waals surface area (Å²) in [5, 5.41) is 19.6. The van der Waals surface area contributed by atoms with Crippen LogP contribution in [0.1, 0.15) is 56.4 Å². The molecule has 34 heavy (non-hydrogen) atoms. The lowest BCUT2D eigenvalue weighted by Gasteiger charge is -2.21. The van der Waals surface area contributed by atoms with Gasteiger partial charge in [0, 0.05) is 27.4 Å². The fourth-order valence-corrected chi connectivity index (χ4v) is 5.07. The smallest absolute Gasteiger partial charge is 0.268 e. The van der Waals surface area contributed by atoms with E-state index in [2.05, 4.69) is 27.0 Å². The second-order valence-electron chi connectivity index (χ2n) is 9.94. The summed E-state index contributed by atoms with van der Waals surface area (Å²) in [5.74, 6) is -0.982. The molecule has 1 aromatic carbocycles. The molecule has 0 spiro atoms. The third-order valence-electron chi connectivity index (χ3n) is 6.37. The Hall–Kier alpha value is -2.76. The molecule has 10 heteroatoms. The highest BCUT2D eigenvalue weighted by atomic mass is 35.5. The standard InChI is InChI=1S/C24H27Cl2N5O3/c1-24(2)10-13(21(32)31-24)6-15(11-27)28-22(33)19(5-12-3-4-12)30-23(34)20-9-16-17(26)7-14(25)8-18(16)29-20/h7-9,12-13,15,19,29H,3-6,10H2,1-2H3,(H,28,33)(H,30,34)(H,31,32)/t13-,15+,19?/m1/s1. The molecule has 4 N–H and O–H groups in total. The molecule has 0 radical (unpaired) electrons. The van der Waals surface area contributed by atoms with Crippen LogP contribution in [0.5, 0.6) is 0 Å². The van der Waals surface area contributed by atoms with E-state index in [1.807, 2.05) is 13.8 Å². The van der Waals surface area contributed by atoms with Gasteiger partial charge in [-0.3, -0.25) is 14.4 Å². The summed E-state index contributed by atoms with van der Waals surface area (Å²) in [6, 6.07) is 5.35. The maximum absolute atomic E-state index is 13.1. The van der Waals surface area contributed by atoms with E-state index >= 15 is 0 Å². The van der Waals surface area contributed by atoms with Gasteiger partial charge in [-0.05, 0) is 57.2 Å². The fraction of sp³-hybridized carbons (Fsp3) is 0.500. The largest absolute Gasteiger partial charge is 0.351 e. The Morgan fingerprint density at radius 2 is 1.94 bits per heavy atom. The van der Waals surface area contributed by atoms with E-state index in [-0.39, 0.29) is 29.5 Å². The Kier molecular flexibility index (Phi) is 6.79. The lowest BCUT2D eigenvalue weighted by molar-refractivity contribution is -0.125. The van der Waals surface area contributed by atoms with Crippen LogP contribution < -0.4 is 16.0 Å². The molecular weight excluding hydrogens is 477 g/mol. The van der Waals surface area contributed by atoms with Crippen molar-refractivity contribution in [3.05, 3.63) is 33.9 Å². The van der Waals surface area contributed by atoms with E-state index in [1.165, 1.54) is 0 Å². The van der Waals surface area contributed by atoms with Crippen LogP contribution in [-0.2, 0) is 9.59 Å². The lowest BCUT2D eigenvalue weighted by Crippen LogP contribution is -2.50. The summed E-state index contributed by atoms with van der Waals surface area (Å²) in [4.78, 5) is 41.2. The van der Waals surface area contributed by atoms with Gasteiger partial charge in [0.05, 0.1) is 11.1 Å². The molecule has 180 valence electrons. The number of H-pyrrole nitrogens is 1. The van der Waals surface area contributed by atoms with Crippen LogP contribution in [0.4, 0.5) is 0 Å². The number of hydrogen-bond donors (Lipinski definition) is 4. The fourth-order valence-electron chi connectivity index (χ4n) is 4.52. The average Bonchev–Trinajstić information content (AvgIpc) is 3.39. The predicted octanol–water partition coefficient (Wildman–Crippen LogP) is 3.69. The van der Waals surface area contributed by atoms with E-state index in [1.54, 1.807) is 18.2 Å². The number of amides is 3. The van der Waals surface area contributed by atoms with Crippen LogP contribution in [0, 0.1) is 23.2 Å². The molecular formula is C24H27Cl2N5O3. The molecule has 2 heterocycles. The van der Waals surface area contributed by atoms with Crippen molar-refractivity contribution in [2.24, 2.45) is 11.8 Å². The molecule has 4 rings (SSSR count). The minimum Gasteiger partial charge on any atom is -0.351 e. The van der Waals surface area contributed by atoms with Gasteiger partial charge in [0.1, 0.15) is 17.8 Å². The number of carbonyl (C=O) groups excluding carboxylic acids is 3. The topological polar surface area (TPSA) is 127 Å². The third kappa shape index (κ3) is 5.65. The van der Waals surface area contributed by atoms with Crippen molar-refractivity contribution in [1.29, 1.82) is 5.26 Å². The number of carbonyl (C=O) groups is 3. The van der Waals surface area contributed by atoms with Crippen LogP contribution in [0.15, 0.2) is 18.2 Å². The van der Waals surface area contributed by atoms with Crippen molar-refractivity contribution in [3.8, 4) is 6.07 Å². The van der Waals surface area contributed by atoms with Crippen molar-refractivity contribution in [2.75, 3.05) is 0 Å². The number of nitrogens with zero attached hydrogens (tertiary/aromatic N) is 1. The minimum atomic E-state index is -0.829. The molecule has 1 aromatic heterocycles. The summed E-state index contributed by atoms with van der Waals surface area (Å²) >= 11 is 12.3. The summed E-state index contributed by atoms with van der Waals surface area (Å²) in [5.41, 5.74) is 0.545. The monoisotopic (exact) mass is 503 g/mol.